The number of hydrogen-bond donors (Lipinski definition) is 0. The Kier molecular flexibility index (Phi) is 3.22. The van der Waals surface area contributed by atoms with Crippen LogP contribution in [0.5, 0.6) is 0 Å². The fourth-order valence-corrected chi connectivity index (χ4v) is 3.75. The second-order valence-electron chi connectivity index (χ2n) is 6.83. The van der Waals surface area contributed by atoms with Gasteiger partial charge in [0.2, 0.25) is 0 Å². The van der Waals surface area contributed by atoms with Crippen molar-refractivity contribution in [2.24, 2.45) is 0 Å². The summed E-state index contributed by atoms with van der Waals surface area (Å²) in [5.74, 6) is 2.65. The highest BCUT2D eigenvalue weighted by molar-refractivity contribution is 5.47. The Hall–Kier alpha value is -1.73. The predicted molar refractivity (Wildman–Crippen MR) is 85.8 cm³/mol. The summed E-state index contributed by atoms with van der Waals surface area (Å²) in [5, 5.41) is 13.4. The minimum Gasteiger partial charge on any atom is -0.379 e. The van der Waals surface area contributed by atoms with Crippen molar-refractivity contribution in [3.8, 4) is 0 Å². The lowest BCUT2D eigenvalue weighted by Gasteiger charge is -2.32. The minimum atomic E-state index is 0.562. The first-order chi connectivity index (χ1) is 11.4. The third kappa shape index (κ3) is 2.48. The number of anilines is 1. The van der Waals surface area contributed by atoms with Gasteiger partial charge in [0, 0.05) is 38.1 Å². The van der Waals surface area contributed by atoms with Crippen LogP contribution < -0.4 is 4.90 Å². The Morgan fingerprint density at radius 1 is 1.00 bits per heavy atom. The van der Waals surface area contributed by atoms with Crippen LogP contribution >= 0.6 is 0 Å². The highest BCUT2D eigenvalue weighted by Gasteiger charge is 2.31. The molecule has 2 aromatic rings. The molecule has 7 heteroatoms. The maximum absolute atomic E-state index is 5.47. The summed E-state index contributed by atoms with van der Waals surface area (Å²) >= 11 is 0. The van der Waals surface area contributed by atoms with Crippen LogP contribution in [0, 0.1) is 0 Å². The third-order valence-electron chi connectivity index (χ3n) is 5.26. The van der Waals surface area contributed by atoms with Gasteiger partial charge in [-0.3, -0.25) is 4.90 Å². The molecular weight excluding hydrogens is 292 g/mol. The maximum Gasteiger partial charge on any atom is 0.178 e. The van der Waals surface area contributed by atoms with Gasteiger partial charge in [-0.25, -0.2) is 0 Å². The van der Waals surface area contributed by atoms with E-state index in [0.29, 0.717) is 12.0 Å². The number of aromatic nitrogens is 4. The maximum atomic E-state index is 5.47. The van der Waals surface area contributed by atoms with Gasteiger partial charge in [0.15, 0.2) is 11.5 Å². The average Bonchev–Trinajstić information content (AvgIpc) is 3.17. The molecule has 0 spiro atoms. The molecule has 5 rings (SSSR count). The Bertz CT molecular complexity index is 706. The zero-order valence-electron chi connectivity index (χ0n) is 13.3. The van der Waals surface area contributed by atoms with Crippen LogP contribution in [0.15, 0.2) is 12.1 Å². The van der Waals surface area contributed by atoms with Gasteiger partial charge in [-0.2, -0.15) is 4.52 Å². The number of ether oxygens (including phenoxy) is 1. The zero-order chi connectivity index (χ0) is 15.2. The molecule has 2 saturated heterocycles. The van der Waals surface area contributed by atoms with Gasteiger partial charge >= 0.3 is 0 Å². The molecule has 1 aliphatic carbocycles. The number of rotatable bonds is 3. The van der Waals surface area contributed by atoms with E-state index in [2.05, 4.69) is 26.1 Å². The van der Waals surface area contributed by atoms with Crippen molar-refractivity contribution in [3.05, 3.63) is 18.0 Å². The molecule has 1 saturated carbocycles. The third-order valence-corrected chi connectivity index (χ3v) is 5.26. The molecule has 0 N–H and O–H groups in total. The molecule has 23 heavy (non-hydrogen) atoms. The van der Waals surface area contributed by atoms with Crippen LogP contribution in [0.25, 0.3) is 5.65 Å². The van der Waals surface area contributed by atoms with Crippen LogP contribution in [0.1, 0.15) is 31.0 Å². The summed E-state index contributed by atoms with van der Waals surface area (Å²) in [4.78, 5) is 4.96. The van der Waals surface area contributed by atoms with Gasteiger partial charge in [0.1, 0.15) is 5.82 Å². The lowest BCUT2D eigenvalue weighted by Crippen LogP contribution is -2.44. The highest BCUT2D eigenvalue weighted by atomic mass is 16.5. The van der Waals surface area contributed by atoms with E-state index in [1.165, 1.54) is 19.3 Å². The van der Waals surface area contributed by atoms with Gasteiger partial charge in [0.25, 0.3) is 0 Å². The van der Waals surface area contributed by atoms with E-state index in [9.17, 15) is 0 Å². The second kappa shape index (κ2) is 5.42. The fourth-order valence-electron chi connectivity index (χ4n) is 3.75. The molecule has 1 atom stereocenters. The van der Waals surface area contributed by atoms with Crippen molar-refractivity contribution in [2.75, 3.05) is 44.3 Å². The van der Waals surface area contributed by atoms with E-state index in [1.807, 2.05) is 10.6 Å². The summed E-state index contributed by atoms with van der Waals surface area (Å²) in [7, 11) is 0. The van der Waals surface area contributed by atoms with E-state index >= 15 is 0 Å². The molecule has 3 aliphatic rings. The predicted octanol–water partition coefficient (Wildman–Crippen LogP) is 0.913. The number of morpholine rings is 1. The molecule has 2 aliphatic heterocycles. The summed E-state index contributed by atoms with van der Waals surface area (Å²) < 4.78 is 7.42. The molecule has 0 amide bonds. The summed E-state index contributed by atoms with van der Waals surface area (Å²) in [6, 6.07) is 4.76. The van der Waals surface area contributed by atoms with Crippen LogP contribution in [-0.4, -0.2) is 70.1 Å². The molecule has 7 nitrogen and oxygen atoms in total. The Morgan fingerprint density at radius 2 is 1.87 bits per heavy atom. The first-order valence-corrected chi connectivity index (χ1v) is 8.67. The molecule has 0 radical (unpaired) electrons. The molecule has 0 aromatic carbocycles. The van der Waals surface area contributed by atoms with Crippen molar-refractivity contribution < 1.29 is 4.74 Å². The Balaban J connectivity index is 1.37. The summed E-state index contributed by atoms with van der Waals surface area (Å²) in [6.07, 6.45) is 3.64. The van der Waals surface area contributed by atoms with E-state index in [-0.39, 0.29) is 0 Å². The van der Waals surface area contributed by atoms with Gasteiger partial charge in [-0.15, -0.1) is 15.3 Å². The van der Waals surface area contributed by atoms with Gasteiger partial charge in [-0.05, 0) is 31.4 Å². The topological polar surface area (TPSA) is 58.8 Å². The molecule has 0 bridgehead atoms. The normalized spacial score (nSPS) is 26.3. The SMILES string of the molecule is c1cc2nnc(C3CC3)n2nc1N1CCC(N2CCOCC2)C1. The van der Waals surface area contributed by atoms with Crippen LogP contribution in [0.4, 0.5) is 5.82 Å². The zero-order valence-corrected chi connectivity index (χ0v) is 13.3. The molecule has 4 heterocycles. The molecule has 1 unspecified atom stereocenters. The number of hydrogen-bond acceptors (Lipinski definition) is 6. The van der Waals surface area contributed by atoms with E-state index in [0.717, 1.165) is 56.7 Å². The summed E-state index contributed by atoms with van der Waals surface area (Å²) in [6.45, 7) is 5.98. The van der Waals surface area contributed by atoms with Gasteiger partial charge in [0.05, 0.1) is 13.2 Å². The van der Waals surface area contributed by atoms with Crippen molar-refractivity contribution in [1.29, 1.82) is 0 Å². The Morgan fingerprint density at radius 3 is 2.70 bits per heavy atom. The first-order valence-electron chi connectivity index (χ1n) is 8.67. The van der Waals surface area contributed by atoms with Gasteiger partial charge in [-0.1, -0.05) is 0 Å². The fraction of sp³-hybridized carbons (Fsp3) is 0.688. The molecule has 3 fully saturated rings. The van der Waals surface area contributed by atoms with Crippen LogP contribution in [-0.2, 0) is 4.74 Å². The van der Waals surface area contributed by atoms with Crippen LogP contribution in [0.2, 0.25) is 0 Å². The first kappa shape index (κ1) is 13.7. The Labute approximate surface area is 135 Å². The monoisotopic (exact) mass is 314 g/mol. The van der Waals surface area contributed by atoms with Crippen molar-refractivity contribution in [3.63, 3.8) is 0 Å². The highest BCUT2D eigenvalue weighted by Crippen LogP contribution is 2.38. The number of fused-ring (bicyclic) bond motifs is 1. The van der Waals surface area contributed by atoms with Crippen molar-refractivity contribution in [1.82, 2.24) is 24.7 Å². The largest absolute Gasteiger partial charge is 0.379 e. The summed E-state index contributed by atoms with van der Waals surface area (Å²) in [5.41, 5.74) is 0.861. The van der Waals surface area contributed by atoms with Gasteiger partial charge < -0.3 is 9.64 Å². The van der Waals surface area contributed by atoms with E-state index < -0.39 is 0 Å². The lowest BCUT2D eigenvalue weighted by atomic mass is 10.2. The lowest BCUT2D eigenvalue weighted by molar-refractivity contribution is 0.0209. The average molecular weight is 314 g/mol. The second-order valence-corrected chi connectivity index (χ2v) is 6.83. The van der Waals surface area contributed by atoms with E-state index in [4.69, 9.17) is 9.84 Å². The molecule has 2 aromatic heterocycles. The quantitative estimate of drug-likeness (QED) is 0.839. The molecular formula is C16H22N6O. The van der Waals surface area contributed by atoms with Crippen LogP contribution in [0.3, 0.4) is 0 Å². The number of nitrogens with zero attached hydrogens (tertiary/aromatic N) is 6. The molecule has 122 valence electrons. The smallest absolute Gasteiger partial charge is 0.178 e. The van der Waals surface area contributed by atoms with E-state index in [1.54, 1.807) is 0 Å². The standard InChI is InChI=1S/C16H22N6O/c1-2-12(1)16-18-17-14-3-4-15(19-22(14)16)21-6-5-13(11-21)20-7-9-23-10-8-20/h3-4,12-13H,1-2,5-11H2. The van der Waals surface area contributed by atoms with Crippen molar-refractivity contribution >= 4 is 11.5 Å². The minimum absolute atomic E-state index is 0.562. The van der Waals surface area contributed by atoms with Crippen molar-refractivity contribution in [2.45, 2.75) is 31.2 Å².